The molecule has 2 N–H and O–H groups in total. The van der Waals surface area contributed by atoms with Gasteiger partial charge in [0.05, 0.1) is 12.2 Å². The Hall–Kier alpha value is -4.61. The van der Waals surface area contributed by atoms with E-state index in [1.807, 2.05) is 64.1 Å². The van der Waals surface area contributed by atoms with Crippen molar-refractivity contribution in [1.29, 1.82) is 5.26 Å². The molecule has 0 aliphatic heterocycles. The number of benzene rings is 2. The summed E-state index contributed by atoms with van der Waals surface area (Å²) in [5.41, 5.74) is 6.78. The number of nitrogens with one attached hydrogen (secondary N) is 2. The van der Waals surface area contributed by atoms with Crippen LogP contribution in [0.1, 0.15) is 63.1 Å². The van der Waals surface area contributed by atoms with Crippen LogP contribution in [0.25, 0.3) is 11.1 Å². The van der Waals surface area contributed by atoms with Gasteiger partial charge in [-0.25, -0.2) is 0 Å². The highest BCUT2D eigenvalue weighted by atomic mass is 32.1. The van der Waals surface area contributed by atoms with Crippen LogP contribution in [0.2, 0.25) is 0 Å². The number of hydrogen-bond acceptors (Lipinski definition) is 5. The van der Waals surface area contributed by atoms with E-state index in [9.17, 15) is 14.9 Å². The third kappa shape index (κ3) is 6.02. The molecule has 0 saturated carbocycles. The van der Waals surface area contributed by atoms with Crippen molar-refractivity contribution >= 4 is 40.6 Å². The maximum atomic E-state index is 13.8. The van der Waals surface area contributed by atoms with E-state index >= 15 is 0 Å². The molecule has 0 radical (unpaired) electrons. The largest absolute Gasteiger partial charge is 0.494 e. The number of anilines is 2. The second kappa shape index (κ2) is 12.5. The zero-order valence-electron chi connectivity index (χ0n) is 24.3. The highest BCUT2D eigenvalue weighted by Gasteiger charge is 2.28. The molecule has 2 amide bonds. The Labute approximate surface area is 250 Å². The highest BCUT2D eigenvalue weighted by molar-refractivity contribution is 7.15. The summed E-state index contributed by atoms with van der Waals surface area (Å²) in [5.74, 6) is 0.0205. The minimum Gasteiger partial charge on any atom is -0.494 e. The molecule has 4 aromatic rings. The molecule has 214 valence electrons. The number of carbonyl (C=O) groups is 2. The highest BCUT2D eigenvalue weighted by Crippen LogP contribution is 2.39. The van der Waals surface area contributed by atoms with Gasteiger partial charge in [-0.2, -0.15) is 5.26 Å². The zero-order chi connectivity index (χ0) is 29.8. The average Bonchev–Trinajstić information content (AvgIpc) is 3.48. The quantitative estimate of drug-likeness (QED) is 0.167. The van der Waals surface area contributed by atoms with Gasteiger partial charge in [0.25, 0.3) is 11.8 Å². The van der Waals surface area contributed by atoms with Crippen molar-refractivity contribution in [2.24, 2.45) is 0 Å². The lowest BCUT2D eigenvalue weighted by Crippen LogP contribution is -2.17. The molecule has 0 saturated heterocycles. The van der Waals surface area contributed by atoms with E-state index in [2.05, 4.69) is 21.3 Å². The molecule has 2 aromatic heterocycles. The molecule has 0 bridgehead atoms. The van der Waals surface area contributed by atoms with E-state index < -0.39 is 5.91 Å². The molecule has 0 unspecified atom stereocenters. The number of amides is 2. The molecular formula is C34H34N4O3S. The third-order valence-electron chi connectivity index (χ3n) is 7.43. The Bertz CT molecular complexity index is 1720. The molecule has 42 heavy (non-hydrogen) atoms. The summed E-state index contributed by atoms with van der Waals surface area (Å²) in [7, 11) is 0. The summed E-state index contributed by atoms with van der Waals surface area (Å²) >= 11 is 1.66. The van der Waals surface area contributed by atoms with Crippen LogP contribution in [0.15, 0.2) is 60.2 Å². The van der Waals surface area contributed by atoms with Gasteiger partial charge in [-0.3, -0.25) is 9.59 Å². The summed E-state index contributed by atoms with van der Waals surface area (Å²) in [4.78, 5) is 28.1. The van der Waals surface area contributed by atoms with Crippen LogP contribution in [0.3, 0.4) is 0 Å². The van der Waals surface area contributed by atoms with E-state index in [4.69, 9.17) is 4.74 Å². The normalized spacial score (nSPS) is 12.8. The smallest absolute Gasteiger partial charge is 0.266 e. The molecule has 0 atom stereocenters. The van der Waals surface area contributed by atoms with Gasteiger partial charge < -0.3 is 19.9 Å². The van der Waals surface area contributed by atoms with Crippen molar-refractivity contribution in [3.63, 3.8) is 0 Å². The van der Waals surface area contributed by atoms with E-state index in [1.165, 1.54) is 4.88 Å². The minimum atomic E-state index is -0.499. The lowest BCUT2D eigenvalue weighted by Gasteiger charge is -2.14. The number of nitrogens with zero attached hydrogens (tertiary/aromatic N) is 2. The Morgan fingerprint density at radius 1 is 1.02 bits per heavy atom. The summed E-state index contributed by atoms with van der Waals surface area (Å²) in [5, 5.41) is 16.7. The first-order chi connectivity index (χ1) is 20.3. The van der Waals surface area contributed by atoms with Gasteiger partial charge in [0.15, 0.2) is 0 Å². The summed E-state index contributed by atoms with van der Waals surface area (Å²) < 4.78 is 7.60. The summed E-state index contributed by atoms with van der Waals surface area (Å²) in [6.07, 6.45) is 5.61. The fourth-order valence-corrected chi connectivity index (χ4v) is 6.85. The Morgan fingerprint density at radius 3 is 2.52 bits per heavy atom. The SMILES string of the molecule is CCOc1cccc(NC(=O)/C(C#N)=C\c2cc(C)n(-c3sc4c(c3C(=O)Nc3ccc(C)cc3)CCCC4)c2C)c1. The topological polar surface area (TPSA) is 96.2 Å². The van der Waals surface area contributed by atoms with E-state index in [1.54, 1.807) is 35.6 Å². The van der Waals surface area contributed by atoms with Crippen LogP contribution in [0, 0.1) is 32.1 Å². The van der Waals surface area contributed by atoms with Gasteiger partial charge in [-0.15, -0.1) is 11.3 Å². The van der Waals surface area contributed by atoms with Crippen molar-refractivity contribution in [3.8, 4) is 16.8 Å². The number of aryl methyl sites for hydroxylation is 3. The second-order valence-electron chi connectivity index (χ2n) is 10.5. The molecule has 2 aromatic carbocycles. The van der Waals surface area contributed by atoms with Crippen LogP contribution in [0.5, 0.6) is 5.75 Å². The van der Waals surface area contributed by atoms with Crippen molar-refractivity contribution < 1.29 is 14.3 Å². The maximum Gasteiger partial charge on any atom is 0.266 e. The number of ether oxygens (including phenoxy) is 1. The van der Waals surface area contributed by atoms with E-state index in [-0.39, 0.29) is 11.5 Å². The Morgan fingerprint density at radius 2 is 1.79 bits per heavy atom. The number of carbonyl (C=O) groups excluding carboxylic acids is 2. The Balaban J connectivity index is 1.49. The first kappa shape index (κ1) is 28.9. The third-order valence-corrected chi connectivity index (χ3v) is 8.71. The lowest BCUT2D eigenvalue weighted by atomic mass is 9.95. The van der Waals surface area contributed by atoms with E-state index in [0.717, 1.165) is 64.4 Å². The lowest BCUT2D eigenvalue weighted by molar-refractivity contribution is -0.112. The number of hydrogen-bond donors (Lipinski definition) is 2. The van der Waals surface area contributed by atoms with Gasteiger partial charge in [-0.05, 0) is 101 Å². The van der Waals surface area contributed by atoms with E-state index in [0.29, 0.717) is 23.6 Å². The zero-order valence-corrected chi connectivity index (χ0v) is 25.2. The summed E-state index contributed by atoms with van der Waals surface area (Å²) in [6, 6.07) is 18.9. The van der Waals surface area contributed by atoms with Gasteiger partial charge in [0.1, 0.15) is 22.4 Å². The van der Waals surface area contributed by atoms with Crippen molar-refractivity contribution in [2.75, 3.05) is 17.2 Å². The molecule has 7 nitrogen and oxygen atoms in total. The van der Waals surface area contributed by atoms with Crippen LogP contribution in [-0.4, -0.2) is 23.0 Å². The number of thiophene rings is 1. The van der Waals surface area contributed by atoms with Gasteiger partial charge in [-0.1, -0.05) is 23.8 Å². The monoisotopic (exact) mass is 578 g/mol. The van der Waals surface area contributed by atoms with Crippen molar-refractivity contribution in [3.05, 3.63) is 98.7 Å². The average molecular weight is 579 g/mol. The molecular weight excluding hydrogens is 544 g/mol. The predicted octanol–water partition coefficient (Wildman–Crippen LogP) is 7.54. The Kier molecular flexibility index (Phi) is 8.60. The molecule has 2 heterocycles. The molecule has 0 spiro atoms. The van der Waals surface area contributed by atoms with Gasteiger partial charge >= 0.3 is 0 Å². The van der Waals surface area contributed by atoms with Crippen LogP contribution in [-0.2, 0) is 17.6 Å². The fraction of sp³-hybridized carbons (Fsp3) is 0.265. The molecule has 0 fully saturated rings. The predicted molar refractivity (Wildman–Crippen MR) is 169 cm³/mol. The molecule has 8 heteroatoms. The van der Waals surface area contributed by atoms with Crippen molar-refractivity contribution in [1.82, 2.24) is 4.57 Å². The minimum absolute atomic E-state index is 0.0140. The van der Waals surface area contributed by atoms with Crippen LogP contribution >= 0.6 is 11.3 Å². The number of fused-ring (bicyclic) bond motifs is 1. The van der Waals surface area contributed by atoms with Gasteiger partial charge in [0.2, 0.25) is 0 Å². The number of rotatable bonds is 8. The van der Waals surface area contributed by atoms with Crippen molar-refractivity contribution in [2.45, 2.75) is 53.4 Å². The molecule has 5 rings (SSSR count). The van der Waals surface area contributed by atoms with Crippen LogP contribution in [0.4, 0.5) is 11.4 Å². The first-order valence-electron chi connectivity index (χ1n) is 14.2. The summed E-state index contributed by atoms with van der Waals surface area (Å²) in [6.45, 7) is 8.36. The van der Waals surface area contributed by atoms with Gasteiger partial charge in [0, 0.05) is 33.7 Å². The number of aromatic nitrogens is 1. The maximum absolute atomic E-state index is 13.8. The fourth-order valence-electron chi connectivity index (χ4n) is 5.35. The molecule has 1 aliphatic carbocycles. The van der Waals surface area contributed by atoms with Crippen LogP contribution < -0.4 is 15.4 Å². The standard InChI is InChI=1S/C34H34N4O3S/c1-5-41-28-10-8-9-27(19-28)37-32(39)25(20-35)18-24-17-22(3)38(23(24)4)34-31(29-11-6-7-12-30(29)42-34)33(40)36-26-15-13-21(2)14-16-26/h8-10,13-19H,5-7,11-12H2,1-4H3,(H,36,40)(H,37,39)/b25-18-. The number of nitriles is 1. The second-order valence-corrected chi connectivity index (χ2v) is 11.5. The first-order valence-corrected chi connectivity index (χ1v) is 15.0. The molecule has 1 aliphatic rings.